The minimum absolute atomic E-state index is 0.0267. The van der Waals surface area contributed by atoms with Gasteiger partial charge in [0.2, 0.25) is 0 Å². The summed E-state index contributed by atoms with van der Waals surface area (Å²) in [5.74, 6) is 1.80. The number of hydrogen-bond donors (Lipinski definition) is 1. The second-order valence-electron chi connectivity index (χ2n) is 10.7. The smallest absolute Gasteiger partial charge is 0.269 e. The van der Waals surface area contributed by atoms with Gasteiger partial charge in [-0.15, -0.1) is 0 Å². The number of fused-ring (bicyclic) bond motifs is 3. The predicted octanol–water partition coefficient (Wildman–Crippen LogP) is 8.72. The van der Waals surface area contributed by atoms with E-state index in [4.69, 9.17) is 21.1 Å². The number of nitrogens with zero attached hydrogens (tertiary/aromatic N) is 2. The van der Waals surface area contributed by atoms with Crippen LogP contribution in [0.15, 0.2) is 96.0 Å². The lowest BCUT2D eigenvalue weighted by Crippen LogP contribution is -2.29. The van der Waals surface area contributed by atoms with Crippen LogP contribution in [0, 0.1) is 23.0 Å². The van der Waals surface area contributed by atoms with Gasteiger partial charge in [-0.05, 0) is 84.0 Å². The van der Waals surface area contributed by atoms with Gasteiger partial charge in [0.05, 0.1) is 28.8 Å². The number of hydrogen-bond acceptors (Lipinski definition) is 6. The maximum Gasteiger partial charge on any atom is 0.269 e. The van der Waals surface area contributed by atoms with Crippen LogP contribution in [0.3, 0.4) is 0 Å². The summed E-state index contributed by atoms with van der Waals surface area (Å²) < 4.78 is 11.4. The van der Waals surface area contributed by atoms with Gasteiger partial charge in [-0.2, -0.15) is 0 Å². The lowest BCUT2D eigenvalue weighted by atomic mass is 9.76. The average Bonchev–Trinajstić information content (AvgIpc) is 3.50. The van der Waals surface area contributed by atoms with Gasteiger partial charge in [-0.1, -0.05) is 53.6 Å². The summed E-state index contributed by atoms with van der Waals surface area (Å²) in [5, 5.41) is 15.1. The van der Waals surface area contributed by atoms with Crippen molar-refractivity contribution in [3.63, 3.8) is 0 Å². The zero-order chi connectivity index (χ0) is 29.2. The zero-order valence-electron chi connectivity index (χ0n) is 23.3. The summed E-state index contributed by atoms with van der Waals surface area (Å²) in [6.07, 6.45) is 7.48. The summed E-state index contributed by atoms with van der Waals surface area (Å²) in [4.78, 5) is 15.1. The molecule has 1 aliphatic carbocycles. The Morgan fingerprint density at radius 2 is 1.86 bits per heavy atom. The summed E-state index contributed by atoms with van der Waals surface area (Å²) in [7, 11) is 1.55. The third kappa shape index (κ3) is 5.60. The van der Waals surface area contributed by atoms with Gasteiger partial charge >= 0.3 is 0 Å². The lowest BCUT2D eigenvalue weighted by Gasteiger charge is -2.37. The van der Waals surface area contributed by atoms with Crippen LogP contribution in [-0.2, 0) is 6.61 Å². The molecule has 2 aliphatic rings. The number of nitrogens with one attached hydrogen (secondary N) is 1. The molecule has 0 saturated carbocycles. The van der Waals surface area contributed by atoms with E-state index in [1.807, 2.05) is 18.2 Å². The highest BCUT2D eigenvalue weighted by molar-refractivity contribution is 6.32. The number of aliphatic imine (C=N–C) groups is 1. The maximum absolute atomic E-state index is 10.9. The number of benzene rings is 4. The van der Waals surface area contributed by atoms with E-state index < -0.39 is 4.92 Å². The zero-order valence-corrected chi connectivity index (χ0v) is 24.0. The Kier molecular flexibility index (Phi) is 7.68. The number of nitro groups is 1. The molecule has 0 radical (unpaired) electrons. The van der Waals surface area contributed by atoms with E-state index in [9.17, 15) is 10.1 Å². The van der Waals surface area contributed by atoms with Crippen LogP contribution >= 0.6 is 11.6 Å². The third-order valence-electron chi connectivity index (χ3n) is 7.92. The highest BCUT2D eigenvalue weighted by Gasteiger charge is 2.37. The maximum atomic E-state index is 10.9. The SMILES string of the molecule is COc1cc(C=Nc2ccc([C@@H]3Nc4ccc(C)cc4[C@@H]4C=CC[C@@H]43)cc2)cc(Cl)c1OCc1ccc([N+](=O)[O-])cc1. The van der Waals surface area contributed by atoms with E-state index in [2.05, 4.69) is 59.7 Å². The van der Waals surface area contributed by atoms with Crippen LogP contribution in [0.4, 0.5) is 17.1 Å². The topological polar surface area (TPSA) is 86.0 Å². The summed E-state index contributed by atoms with van der Waals surface area (Å²) in [6.45, 7) is 2.34. The minimum atomic E-state index is -0.435. The molecule has 0 aromatic heterocycles. The number of aryl methyl sites for hydroxylation is 1. The molecule has 7 nitrogen and oxygen atoms in total. The molecule has 42 heavy (non-hydrogen) atoms. The van der Waals surface area contributed by atoms with Crippen LogP contribution in [0.1, 0.15) is 46.2 Å². The monoisotopic (exact) mass is 579 g/mol. The molecule has 0 saturated heterocycles. The van der Waals surface area contributed by atoms with E-state index in [-0.39, 0.29) is 18.3 Å². The number of rotatable bonds is 8. The normalized spacial score (nSPS) is 18.8. The van der Waals surface area contributed by atoms with Gasteiger partial charge in [-0.3, -0.25) is 15.1 Å². The molecule has 4 aromatic carbocycles. The quantitative estimate of drug-likeness (QED) is 0.0976. The van der Waals surface area contributed by atoms with Crippen molar-refractivity contribution in [1.82, 2.24) is 0 Å². The van der Waals surface area contributed by atoms with Crippen LogP contribution in [0.2, 0.25) is 5.02 Å². The van der Waals surface area contributed by atoms with Gasteiger partial charge < -0.3 is 14.8 Å². The second-order valence-corrected chi connectivity index (χ2v) is 11.1. The Hall–Kier alpha value is -4.62. The molecule has 0 amide bonds. The molecule has 0 bridgehead atoms. The van der Waals surface area contributed by atoms with Gasteiger partial charge in [0.25, 0.3) is 5.69 Å². The summed E-state index contributed by atoms with van der Waals surface area (Å²) in [5.41, 5.74) is 7.55. The van der Waals surface area contributed by atoms with Crippen molar-refractivity contribution in [3.05, 3.63) is 134 Å². The Labute approximate surface area is 249 Å². The van der Waals surface area contributed by atoms with Crippen molar-refractivity contribution in [2.75, 3.05) is 12.4 Å². The molecule has 8 heteroatoms. The Morgan fingerprint density at radius 1 is 1.07 bits per heavy atom. The van der Waals surface area contributed by atoms with Crippen LogP contribution in [-0.4, -0.2) is 18.2 Å². The van der Waals surface area contributed by atoms with E-state index >= 15 is 0 Å². The van der Waals surface area contributed by atoms with Crippen molar-refractivity contribution < 1.29 is 14.4 Å². The van der Waals surface area contributed by atoms with Gasteiger partial charge in [-0.25, -0.2) is 0 Å². The predicted molar refractivity (Wildman–Crippen MR) is 167 cm³/mol. The number of methoxy groups -OCH3 is 1. The second kappa shape index (κ2) is 11.7. The standard InChI is InChI=1S/C34H30ClN3O4/c1-21-6-15-31-29(16-21)27-4-3-5-28(27)33(37-31)24-9-11-25(12-10-24)36-19-23-17-30(35)34(32(18-23)41-2)42-20-22-7-13-26(14-8-22)38(39)40/h3-4,6-19,27-28,33,37H,5,20H2,1-2H3/t27-,28+,33+/m1/s1. The summed E-state index contributed by atoms with van der Waals surface area (Å²) >= 11 is 6.56. The largest absolute Gasteiger partial charge is 0.493 e. The van der Waals surface area contributed by atoms with Gasteiger partial charge in [0, 0.05) is 30.0 Å². The van der Waals surface area contributed by atoms with Crippen LogP contribution in [0.25, 0.3) is 0 Å². The van der Waals surface area contributed by atoms with E-state index in [1.54, 1.807) is 31.5 Å². The first-order chi connectivity index (χ1) is 20.4. The van der Waals surface area contributed by atoms with Gasteiger partial charge in [0.1, 0.15) is 6.61 Å². The Balaban J connectivity index is 1.15. The number of halogens is 1. The van der Waals surface area contributed by atoms with E-state index in [0.29, 0.717) is 28.4 Å². The Morgan fingerprint density at radius 3 is 2.60 bits per heavy atom. The van der Waals surface area contributed by atoms with Crippen LogP contribution in [0.5, 0.6) is 11.5 Å². The third-order valence-corrected chi connectivity index (χ3v) is 8.20. The summed E-state index contributed by atoms with van der Waals surface area (Å²) in [6, 6.07) is 25.1. The molecular formula is C34H30ClN3O4. The van der Waals surface area contributed by atoms with Crippen molar-refractivity contribution >= 4 is 34.9 Å². The fourth-order valence-corrected chi connectivity index (χ4v) is 6.06. The Bertz CT molecular complexity index is 1680. The molecule has 1 N–H and O–H groups in total. The van der Waals surface area contributed by atoms with Crippen molar-refractivity contribution in [3.8, 4) is 11.5 Å². The van der Waals surface area contributed by atoms with Crippen molar-refractivity contribution in [1.29, 1.82) is 0 Å². The molecule has 6 rings (SSSR count). The fraction of sp³-hybridized carbons (Fsp3) is 0.206. The molecule has 0 spiro atoms. The highest BCUT2D eigenvalue weighted by Crippen LogP contribution is 2.50. The number of allylic oxidation sites excluding steroid dienone is 2. The van der Waals surface area contributed by atoms with Gasteiger partial charge in [0.15, 0.2) is 11.5 Å². The van der Waals surface area contributed by atoms with Crippen molar-refractivity contribution in [2.45, 2.75) is 31.9 Å². The first-order valence-corrected chi connectivity index (χ1v) is 14.2. The molecule has 0 fully saturated rings. The minimum Gasteiger partial charge on any atom is -0.493 e. The van der Waals surface area contributed by atoms with Crippen molar-refractivity contribution in [2.24, 2.45) is 10.9 Å². The highest BCUT2D eigenvalue weighted by atomic mass is 35.5. The molecule has 1 aliphatic heterocycles. The molecule has 4 aromatic rings. The molecule has 1 heterocycles. The van der Waals surface area contributed by atoms with Crippen LogP contribution < -0.4 is 14.8 Å². The molecule has 212 valence electrons. The number of anilines is 1. The molecule has 0 unspecified atom stereocenters. The first kappa shape index (κ1) is 27.5. The van der Waals surface area contributed by atoms with E-state index in [0.717, 1.165) is 23.2 Å². The first-order valence-electron chi connectivity index (χ1n) is 13.8. The number of ether oxygens (including phenoxy) is 2. The fourth-order valence-electron chi connectivity index (χ4n) is 5.78. The lowest BCUT2D eigenvalue weighted by molar-refractivity contribution is -0.384. The molecular weight excluding hydrogens is 550 g/mol. The molecule has 3 atom stereocenters. The number of nitro benzene ring substituents is 1. The van der Waals surface area contributed by atoms with E-state index in [1.165, 1.54) is 34.5 Å². The number of non-ortho nitro benzene ring substituents is 1. The average molecular weight is 580 g/mol.